The van der Waals surface area contributed by atoms with E-state index in [1.54, 1.807) is 52.0 Å². The summed E-state index contributed by atoms with van der Waals surface area (Å²) >= 11 is 0. The van der Waals surface area contributed by atoms with Crippen molar-refractivity contribution in [2.75, 3.05) is 16.8 Å². The molecule has 3 N–H and O–H groups in total. The second kappa shape index (κ2) is 13.9. The third kappa shape index (κ3) is 6.63. The minimum Gasteiger partial charge on any atom is -0.395 e. The van der Waals surface area contributed by atoms with Gasteiger partial charge in [0.25, 0.3) is 11.8 Å². The maximum absolute atomic E-state index is 14.1. The number of aliphatic hydroxyl groups is 2. The number of aromatic nitrogens is 3. The lowest BCUT2D eigenvalue weighted by atomic mass is 9.82. The molecule has 0 bridgehead atoms. The number of rotatable bonds is 12. The largest absolute Gasteiger partial charge is 0.395 e. The molecular weight excluding hydrogens is 590 g/mol. The minimum absolute atomic E-state index is 0.0762. The van der Waals surface area contributed by atoms with Gasteiger partial charge in [-0.25, -0.2) is 0 Å². The van der Waals surface area contributed by atoms with E-state index >= 15 is 0 Å². The summed E-state index contributed by atoms with van der Waals surface area (Å²) in [6, 6.07) is 33.5. The lowest BCUT2D eigenvalue weighted by Gasteiger charge is -2.28. The van der Waals surface area contributed by atoms with E-state index in [0.717, 1.165) is 11.1 Å². The summed E-state index contributed by atoms with van der Waals surface area (Å²) in [5.41, 5.74) is 2.78. The lowest BCUT2D eigenvalue weighted by molar-refractivity contribution is -0.139. The van der Waals surface area contributed by atoms with Crippen molar-refractivity contribution in [1.82, 2.24) is 15.0 Å². The molecule has 0 fully saturated rings. The molecule has 0 aliphatic carbocycles. The van der Waals surface area contributed by atoms with Crippen LogP contribution in [-0.4, -0.2) is 43.6 Å². The first kappa shape index (κ1) is 31.6. The van der Waals surface area contributed by atoms with E-state index in [4.69, 9.17) is 0 Å². The number of carbonyl (C=O) groups excluding carboxylic acids is 2. The van der Waals surface area contributed by atoms with E-state index in [1.807, 2.05) is 92.0 Å². The minimum atomic E-state index is -1.85. The van der Waals surface area contributed by atoms with Crippen LogP contribution in [0.1, 0.15) is 52.0 Å². The summed E-state index contributed by atoms with van der Waals surface area (Å²) in [6.45, 7) is 2.57. The van der Waals surface area contributed by atoms with E-state index in [0.29, 0.717) is 47.7 Å². The Bertz CT molecular complexity index is 1860. The van der Waals surface area contributed by atoms with Crippen molar-refractivity contribution in [1.29, 1.82) is 0 Å². The fraction of sp³-hybridized carbons (Fsp3) is 0.211. The van der Waals surface area contributed by atoms with Gasteiger partial charge < -0.3 is 20.4 Å². The first-order valence-electron chi connectivity index (χ1n) is 15.7. The van der Waals surface area contributed by atoms with Crippen molar-refractivity contribution < 1.29 is 19.8 Å². The Hall–Kier alpha value is -5.38. The number of aliphatic hydroxyl groups excluding tert-OH is 1. The zero-order valence-electron chi connectivity index (χ0n) is 26.1. The second-order valence-electron chi connectivity index (χ2n) is 11.8. The first-order chi connectivity index (χ1) is 22.9. The Morgan fingerprint density at radius 1 is 0.957 bits per heavy atom. The molecule has 3 atom stereocenters. The zero-order valence-corrected chi connectivity index (χ0v) is 26.1. The number of amides is 2. The second-order valence-corrected chi connectivity index (χ2v) is 11.8. The Kier molecular flexibility index (Phi) is 9.37. The zero-order chi connectivity index (χ0) is 32.8. The molecule has 9 nitrogen and oxygen atoms in total. The highest BCUT2D eigenvalue weighted by Crippen LogP contribution is 2.47. The topological polar surface area (TPSA) is 121 Å². The summed E-state index contributed by atoms with van der Waals surface area (Å²) in [5, 5.41) is 33.6. The van der Waals surface area contributed by atoms with E-state index in [2.05, 4.69) is 15.6 Å². The van der Waals surface area contributed by atoms with E-state index < -0.39 is 17.4 Å². The molecule has 2 amide bonds. The number of benzene rings is 4. The van der Waals surface area contributed by atoms with E-state index in [-0.39, 0.29) is 18.4 Å². The molecule has 1 aliphatic rings. The maximum atomic E-state index is 14.1. The predicted molar refractivity (Wildman–Crippen MR) is 181 cm³/mol. The maximum Gasteiger partial charge on any atom is 0.264 e. The van der Waals surface area contributed by atoms with Crippen LogP contribution < -0.4 is 10.2 Å². The van der Waals surface area contributed by atoms with Crippen molar-refractivity contribution in [3.05, 3.63) is 155 Å². The number of nitrogens with zero attached hydrogens (tertiary/aromatic N) is 4. The molecule has 1 aromatic heterocycles. The van der Waals surface area contributed by atoms with Crippen LogP contribution in [0.15, 0.2) is 128 Å². The Morgan fingerprint density at radius 3 is 2.34 bits per heavy atom. The van der Waals surface area contributed by atoms with Crippen molar-refractivity contribution in [3.8, 4) is 0 Å². The molecule has 4 aromatic carbocycles. The highest BCUT2D eigenvalue weighted by molar-refractivity contribution is 6.09. The van der Waals surface area contributed by atoms with Gasteiger partial charge in [-0.1, -0.05) is 103 Å². The van der Waals surface area contributed by atoms with Crippen molar-refractivity contribution in [3.63, 3.8) is 0 Å². The van der Waals surface area contributed by atoms with Gasteiger partial charge >= 0.3 is 0 Å². The van der Waals surface area contributed by atoms with Gasteiger partial charge in [-0.3, -0.25) is 14.3 Å². The van der Waals surface area contributed by atoms with Gasteiger partial charge in [-0.2, -0.15) is 0 Å². The van der Waals surface area contributed by atoms with E-state index in [1.165, 1.54) is 0 Å². The Morgan fingerprint density at radius 2 is 1.64 bits per heavy atom. The summed E-state index contributed by atoms with van der Waals surface area (Å²) in [7, 11) is 0. The third-order valence-electron chi connectivity index (χ3n) is 8.65. The highest BCUT2D eigenvalue weighted by atomic mass is 16.3. The molecule has 2 heterocycles. The average Bonchev–Trinajstić information content (AvgIpc) is 3.65. The van der Waals surface area contributed by atoms with Crippen LogP contribution in [0, 0.1) is 5.92 Å². The number of carbonyl (C=O) groups is 2. The number of nitrogens with one attached hydrogen (secondary N) is 1. The Labute approximate surface area is 273 Å². The fourth-order valence-corrected chi connectivity index (χ4v) is 6.02. The van der Waals surface area contributed by atoms with Crippen molar-refractivity contribution >= 4 is 23.2 Å². The summed E-state index contributed by atoms with van der Waals surface area (Å²) in [4.78, 5) is 28.6. The van der Waals surface area contributed by atoms with Crippen molar-refractivity contribution in [2.45, 2.75) is 38.0 Å². The number of hydrogen-bond donors (Lipinski definition) is 3. The van der Waals surface area contributed by atoms with Gasteiger partial charge in [0.2, 0.25) is 0 Å². The fourth-order valence-electron chi connectivity index (χ4n) is 6.02. The summed E-state index contributed by atoms with van der Waals surface area (Å²) in [6.07, 6.45) is 6.20. The number of aryl methyl sites for hydroxylation is 1. The molecular formula is C38H37N5O4. The van der Waals surface area contributed by atoms with Gasteiger partial charge in [-0.15, -0.1) is 5.10 Å². The molecule has 0 saturated heterocycles. The smallest absolute Gasteiger partial charge is 0.264 e. The normalized spacial score (nSPS) is 17.1. The molecule has 0 saturated carbocycles. The van der Waals surface area contributed by atoms with Crippen molar-refractivity contribution in [2.24, 2.45) is 5.92 Å². The molecule has 6 rings (SSSR count). The van der Waals surface area contributed by atoms with Crippen LogP contribution in [0.3, 0.4) is 0 Å². The third-order valence-corrected chi connectivity index (χ3v) is 8.65. The molecule has 1 aliphatic heterocycles. The monoisotopic (exact) mass is 627 g/mol. The molecule has 5 aromatic rings. The van der Waals surface area contributed by atoms with Gasteiger partial charge in [0.15, 0.2) is 5.60 Å². The SMILES string of the molecule is C[C@H](/C=C/CCn1cc(C(CO)c2ccccc2)nn1)[C@@]1(O)C(=O)N(Cc2ccccc2)c2ccc(NC(=O)c3ccccc3)cc21. The number of fused-ring (bicyclic) bond motifs is 1. The molecule has 0 radical (unpaired) electrons. The van der Waals surface area contributed by atoms with Gasteiger partial charge in [0.05, 0.1) is 30.5 Å². The van der Waals surface area contributed by atoms with Crippen LogP contribution in [0.25, 0.3) is 0 Å². The van der Waals surface area contributed by atoms with Crippen LogP contribution in [-0.2, 0) is 23.5 Å². The summed E-state index contributed by atoms with van der Waals surface area (Å²) in [5.74, 6) is -1.54. The van der Waals surface area contributed by atoms with Gasteiger partial charge in [0.1, 0.15) is 0 Å². The first-order valence-corrected chi connectivity index (χ1v) is 15.7. The van der Waals surface area contributed by atoms with Crippen LogP contribution in [0.5, 0.6) is 0 Å². The predicted octanol–water partition coefficient (Wildman–Crippen LogP) is 5.67. The standard InChI is InChI=1S/C38H37N5O4/c1-27(13-11-12-22-42-25-34(40-41-42)32(26-44)29-16-7-3-8-17-29)38(47)33-23-31(39-36(45)30-18-9-4-10-19-30)20-21-35(33)43(37(38)46)24-28-14-5-2-6-15-28/h2-11,13-21,23,25,27,32,44,47H,12,22,24,26H2,1H3,(H,39,45)/b13-11+/t27-,32?,38+/m1/s1. The van der Waals surface area contributed by atoms with Crippen LogP contribution in [0.4, 0.5) is 11.4 Å². The number of allylic oxidation sites excluding steroid dienone is 1. The van der Waals surface area contributed by atoms with Gasteiger partial charge in [-0.05, 0) is 47.9 Å². The molecule has 238 valence electrons. The van der Waals surface area contributed by atoms with E-state index in [9.17, 15) is 19.8 Å². The molecule has 47 heavy (non-hydrogen) atoms. The van der Waals surface area contributed by atoms with Crippen LogP contribution >= 0.6 is 0 Å². The van der Waals surface area contributed by atoms with Crippen LogP contribution in [0.2, 0.25) is 0 Å². The molecule has 0 spiro atoms. The highest BCUT2D eigenvalue weighted by Gasteiger charge is 2.52. The molecule has 9 heteroatoms. The number of hydrogen-bond acceptors (Lipinski definition) is 6. The average molecular weight is 628 g/mol. The molecule has 1 unspecified atom stereocenters. The van der Waals surface area contributed by atoms with Gasteiger partial charge in [0, 0.05) is 35.5 Å². The number of anilines is 2. The summed E-state index contributed by atoms with van der Waals surface area (Å²) < 4.78 is 1.73. The Balaban J connectivity index is 1.20. The quantitative estimate of drug-likeness (QED) is 0.153. The lowest BCUT2D eigenvalue weighted by Crippen LogP contribution is -2.44.